The van der Waals surface area contributed by atoms with Crippen molar-refractivity contribution in [2.75, 3.05) is 26.3 Å². The number of hydrogen-bond donors (Lipinski definition) is 0. The van der Waals surface area contributed by atoms with Crippen molar-refractivity contribution in [3.05, 3.63) is 91.2 Å². The lowest BCUT2D eigenvalue weighted by molar-refractivity contribution is -0.402. The van der Waals surface area contributed by atoms with E-state index in [1.165, 1.54) is 46.1 Å². The number of benzene rings is 2. The molecular formula is C24H20BrN5O6S2. The summed E-state index contributed by atoms with van der Waals surface area (Å²) < 4.78 is 40.2. The fourth-order valence-electron chi connectivity index (χ4n) is 3.71. The van der Waals surface area contributed by atoms with Gasteiger partial charge in [0.15, 0.2) is 5.76 Å². The highest BCUT2D eigenvalue weighted by atomic mass is 79.9. The van der Waals surface area contributed by atoms with Gasteiger partial charge in [-0.25, -0.2) is 18.1 Å². The van der Waals surface area contributed by atoms with Crippen LogP contribution in [0.3, 0.4) is 0 Å². The van der Waals surface area contributed by atoms with E-state index in [-0.39, 0.29) is 16.5 Å². The van der Waals surface area contributed by atoms with E-state index in [4.69, 9.17) is 9.15 Å². The Kier molecular flexibility index (Phi) is 7.67. The molecule has 0 amide bonds. The van der Waals surface area contributed by atoms with Crippen molar-refractivity contribution >= 4 is 55.1 Å². The molecule has 0 spiro atoms. The van der Waals surface area contributed by atoms with E-state index in [0.29, 0.717) is 36.8 Å². The lowest BCUT2D eigenvalue weighted by Gasteiger charge is -2.26. The summed E-state index contributed by atoms with van der Waals surface area (Å²) in [5, 5.41) is 17.3. The zero-order valence-corrected chi connectivity index (χ0v) is 22.9. The molecular weight excluding hydrogens is 598 g/mol. The van der Waals surface area contributed by atoms with Gasteiger partial charge in [-0.15, -0.1) is 11.3 Å². The molecule has 1 fully saturated rings. The van der Waals surface area contributed by atoms with Crippen molar-refractivity contribution in [2.45, 2.75) is 4.90 Å². The van der Waals surface area contributed by atoms with Crippen LogP contribution in [0.15, 0.2) is 89.9 Å². The van der Waals surface area contributed by atoms with Crippen LogP contribution in [0.5, 0.6) is 0 Å². The van der Waals surface area contributed by atoms with Crippen LogP contribution in [-0.2, 0) is 14.8 Å². The van der Waals surface area contributed by atoms with E-state index in [1.54, 1.807) is 16.8 Å². The molecule has 1 aliphatic rings. The van der Waals surface area contributed by atoms with Crippen LogP contribution in [0.1, 0.15) is 5.76 Å². The molecule has 0 bridgehead atoms. The van der Waals surface area contributed by atoms with Gasteiger partial charge in [-0.2, -0.15) is 9.41 Å². The standard InChI is InChI=1S/C24H20BrN5O6S2/c25-21-4-2-1-3-20(21)22-16-37-24(29(22)26-15-18-7-10-23(36-18)30(31)32)27-17-5-8-19(9-6-17)38(33,34)28-11-13-35-14-12-28/h1-10,15-16H,11-14H2. The van der Waals surface area contributed by atoms with Crippen LogP contribution < -0.4 is 4.80 Å². The Hall–Kier alpha value is -3.43. The second-order valence-corrected chi connectivity index (χ2v) is 11.6. The van der Waals surface area contributed by atoms with Crippen LogP contribution in [0.25, 0.3) is 11.3 Å². The monoisotopic (exact) mass is 617 g/mol. The quantitative estimate of drug-likeness (QED) is 0.169. The van der Waals surface area contributed by atoms with Gasteiger partial charge in [0.2, 0.25) is 14.8 Å². The molecule has 2 aromatic carbocycles. The van der Waals surface area contributed by atoms with Gasteiger partial charge in [0, 0.05) is 28.5 Å². The molecule has 5 rings (SSSR count). The largest absolute Gasteiger partial charge is 0.433 e. The topological polar surface area (TPSA) is 133 Å². The van der Waals surface area contributed by atoms with Crippen LogP contribution >= 0.6 is 27.3 Å². The van der Waals surface area contributed by atoms with Crippen molar-refractivity contribution in [1.29, 1.82) is 0 Å². The Labute approximate surface area is 229 Å². The van der Waals surface area contributed by atoms with E-state index in [0.717, 1.165) is 15.7 Å². The lowest BCUT2D eigenvalue weighted by Crippen LogP contribution is -2.40. The molecule has 196 valence electrons. The molecule has 38 heavy (non-hydrogen) atoms. The number of nitrogens with zero attached hydrogens (tertiary/aromatic N) is 5. The molecule has 1 aliphatic heterocycles. The molecule has 0 radical (unpaired) electrons. The number of morpholine rings is 1. The minimum atomic E-state index is -3.62. The van der Waals surface area contributed by atoms with Crippen molar-refractivity contribution in [2.24, 2.45) is 10.1 Å². The maximum Gasteiger partial charge on any atom is 0.433 e. The summed E-state index contributed by atoms with van der Waals surface area (Å²) in [5.74, 6) is -0.179. The summed E-state index contributed by atoms with van der Waals surface area (Å²) in [6, 6.07) is 16.7. The number of rotatable bonds is 7. The third kappa shape index (κ3) is 5.54. The number of sulfonamides is 1. The minimum absolute atomic E-state index is 0.184. The van der Waals surface area contributed by atoms with Crippen LogP contribution in [0.2, 0.25) is 0 Å². The van der Waals surface area contributed by atoms with E-state index >= 15 is 0 Å². The Morgan fingerprint density at radius 1 is 1.05 bits per heavy atom. The third-order valence-corrected chi connectivity index (χ3v) is 9.02. The highest BCUT2D eigenvalue weighted by Crippen LogP contribution is 2.29. The zero-order valence-electron chi connectivity index (χ0n) is 19.6. The van der Waals surface area contributed by atoms with Crippen molar-refractivity contribution in [3.63, 3.8) is 0 Å². The SMILES string of the molecule is O=[N+]([O-])c1ccc(C=Nn2c(-c3ccccc3Br)csc2=Nc2ccc(S(=O)(=O)N3CCOCC3)cc2)o1. The molecule has 14 heteroatoms. The van der Waals surface area contributed by atoms with Crippen LogP contribution in [0.4, 0.5) is 11.6 Å². The van der Waals surface area contributed by atoms with Gasteiger partial charge in [-0.05, 0) is 36.4 Å². The number of aromatic nitrogens is 1. The van der Waals surface area contributed by atoms with E-state index in [9.17, 15) is 18.5 Å². The molecule has 0 aliphatic carbocycles. The molecule has 0 N–H and O–H groups in total. The highest BCUT2D eigenvalue weighted by molar-refractivity contribution is 9.10. The van der Waals surface area contributed by atoms with Crippen LogP contribution in [0, 0.1) is 10.1 Å². The van der Waals surface area contributed by atoms with Gasteiger partial charge in [-0.1, -0.05) is 34.1 Å². The fraction of sp³-hybridized carbons (Fsp3) is 0.167. The second-order valence-electron chi connectivity index (χ2n) is 8.00. The van der Waals surface area contributed by atoms with Gasteiger partial charge < -0.3 is 9.15 Å². The molecule has 0 unspecified atom stereocenters. The van der Waals surface area contributed by atoms with Crippen molar-refractivity contribution < 1.29 is 22.5 Å². The third-order valence-electron chi connectivity index (χ3n) is 5.60. The number of hydrogen-bond acceptors (Lipinski definition) is 9. The molecule has 0 atom stereocenters. The Morgan fingerprint density at radius 2 is 1.79 bits per heavy atom. The number of nitro groups is 1. The summed E-state index contributed by atoms with van der Waals surface area (Å²) in [7, 11) is -3.62. The predicted octanol–water partition coefficient (Wildman–Crippen LogP) is 4.62. The van der Waals surface area contributed by atoms with Crippen LogP contribution in [-0.4, -0.2) is 54.8 Å². The number of ether oxygens (including phenoxy) is 1. The first kappa shape index (κ1) is 26.2. The number of furan rings is 1. The van der Waals surface area contributed by atoms with Crippen molar-refractivity contribution in [1.82, 2.24) is 8.98 Å². The smallest absolute Gasteiger partial charge is 0.400 e. The maximum atomic E-state index is 12.9. The fourth-order valence-corrected chi connectivity index (χ4v) is 6.45. The molecule has 3 heterocycles. The molecule has 4 aromatic rings. The average molecular weight is 618 g/mol. The summed E-state index contributed by atoms with van der Waals surface area (Å²) >= 11 is 4.90. The number of thiazole rings is 1. The first-order valence-electron chi connectivity index (χ1n) is 11.3. The molecule has 0 saturated carbocycles. The molecule has 1 saturated heterocycles. The minimum Gasteiger partial charge on any atom is -0.400 e. The second kappa shape index (κ2) is 11.1. The summed E-state index contributed by atoms with van der Waals surface area (Å²) in [4.78, 5) is 15.7. The van der Waals surface area contributed by atoms with Gasteiger partial charge in [0.05, 0.1) is 41.8 Å². The lowest BCUT2D eigenvalue weighted by atomic mass is 10.2. The summed E-state index contributed by atoms with van der Waals surface area (Å²) in [6.07, 6.45) is 1.37. The highest BCUT2D eigenvalue weighted by Gasteiger charge is 2.26. The van der Waals surface area contributed by atoms with E-state index in [1.807, 2.05) is 29.6 Å². The summed E-state index contributed by atoms with van der Waals surface area (Å²) in [6.45, 7) is 1.38. The first-order chi connectivity index (χ1) is 18.3. The van der Waals surface area contributed by atoms with Gasteiger partial charge in [0.25, 0.3) is 0 Å². The first-order valence-corrected chi connectivity index (χ1v) is 14.4. The van der Waals surface area contributed by atoms with Gasteiger partial charge >= 0.3 is 5.88 Å². The van der Waals surface area contributed by atoms with Gasteiger partial charge in [-0.3, -0.25) is 10.1 Å². The zero-order chi connectivity index (χ0) is 26.7. The Morgan fingerprint density at radius 3 is 2.47 bits per heavy atom. The average Bonchev–Trinajstić information content (AvgIpc) is 3.56. The number of halogens is 1. The van der Waals surface area contributed by atoms with Crippen molar-refractivity contribution in [3.8, 4) is 11.3 Å². The van der Waals surface area contributed by atoms with E-state index in [2.05, 4.69) is 26.0 Å². The molecule has 11 nitrogen and oxygen atoms in total. The normalized spacial score (nSPS) is 15.3. The van der Waals surface area contributed by atoms with Gasteiger partial charge in [0.1, 0.15) is 4.92 Å². The van der Waals surface area contributed by atoms with E-state index < -0.39 is 14.9 Å². The summed E-state index contributed by atoms with van der Waals surface area (Å²) in [5.41, 5.74) is 2.12. The molecule has 2 aromatic heterocycles. The predicted molar refractivity (Wildman–Crippen MR) is 145 cm³/mol. The maximum absolute atomic E-state index is 12.9. The Bertz CT molecular complexity index is 1670. The Balaban J connectivity index is 1.52.